The van der Waals surface area contributed by atoms with Crippen LogP contribution in [0.5, 0.6) is 5.75 Å². The minimum Gasteiger partial charge on any atom is -0.494 e. The van der Waals surface area contributed by atoms with Crippen LogP contribution in [0.15, 0.2) is 35.5 Å². The molecule has 3 N–H and O–H groups in total. The molecule has 0 amide bonds. The summed E-state index contributed by atoms with van der Waals surface area (Å²) in [6.07, 6.45) is 0.895. The van der Waals surface area contributed by atoms with Crippen LogP contribution in [-0.2, 0) is 0 Å². The Morgan fingerprint density at radius 1 is 1.37 bits per heavy atom. The van der Waals surface area contributed by atoms with Crippen molar-refractivity contribution in [1.29, 1.82) is 0 Å². The highest BCUT2D eigenvalue weighted by Gasteiger charge is 2.11. The number of oxime groups is 1. The van der Waals surface area contributed by atoms with Crippen LogP contribution in [0.25, 0.3) is 0 Å². The molecule has 0 radical (unpaired) electrons. The Balaban J connectivity index is 2.29. The second-order valence-electron chi connectivity index (χ2n) is 4.67. The number of nitrogens with two attached hydrogens (primary N) is 1. The topological polar surface area (TPSA) is 71.1 Å². The summed E-state index contributed by atoms with van der Waals surface area (Å²) in [5, 5.41) is 11.6. The van der Waals surface area contributed by atoms with Gasteiger partial charge in [0.1, 0.15) is 5.75 Å². The third-order valence-electron chi connectivity index (χ3n) is 2.83. The molecule has 19 heavy (non-hydrogen) atoms. The van der Waals surface area contributed by atoms with Gasteiger partial charge in [-0.3, -0.25) is 4.90 Å². The zero-order valence-corrected chi connectivity index (χ0v) is 11.6. The van der Waals surface area contributed by atoms with E-state index in [1.165, 1.54) is 0 Å². The molecule has 0 saturated heterocycles. The van der Waals surface area contributed by atoms with Gasteiger partial charge in [0.25, 0.3) is 0 Å². The molecule has 0 aliphatic heterocycles. The molecule has 0 fully saturated rings. The normalized spacial score (nSPS) is 12.1. The number of nitrogens with zero attached hydrogens (tertiary/aromatic N) is 2. The van der Waals surface area contributed by atoms with E-state index < -0.39 is 0 Å². The van der Waals surface area contributed by atoms with Crippen molar-refractivity contribution in [2.45, 2.75) is 26.3 Å². The molecule has 1 rings (SSSR count). The van der Waals surface area contributed by atoms with Crippen molar-refractivity contribution >= 4 is 5.84 Å². The van der Waals surface area contributed by atoms with Crippen LogP contribution in [0.4, 0.5) is 0 Å². The van der Waals surface area contributed by atoms with Crippen LogP contribution < -0.4 is 10.5 Å². The first-order chi connectivity index (χ1) is 9.13. The van der Waals surface area contributed by atoms with Crippen LogP contribution in [0, 0.1) is 0 Å². The minimum atomic E-state index is 0.234. The summed E-state index contributed by atoms with van der Waals surface area (Å²) < 4.78 is 5.63. The Bertz CT molecular complexity index is 380. The molecule has 0 bridgehead atoms. The first kappa shape index (κ1) is 15.3. The van der Waals surface area contributed by atoms with Crippen molar-refractivity contribution < 1.29 is 9.94 Å². The summed E-state index contributed by atoms with van der Waals surface area (Å²) in [7, 11) is 0. The predicted molar refractivity (Wildman–Crippen MR) is 76.7 cm³/mol. The van der Waals surface area contributed by atoms with Crippen LogP contribution in [0.2, 0.25) is 0 Å². The van der Waals surface area contributed by atoms with E-state index in [0.29, 0.717) is 19.2 Å². The molecule has 5 heteroatoms. The van der Waals surface area contributed by atoms with E-state index in [1.54, 1.807) is 0 Å². The maximum absolute atomic E-state index is 8.60. The van der Waals surface area contributed by atoms with E-state index >= 15 is 0 Å². The minimum absolute atomic E-state index is 0.234. The number of hydrogen-bond acceptors (Lipinski definition) is 4. The Hall–Kier alpha value is -1.75. The van der Waals surface area contributed by atoms with Crippen LogP contribution in [0.1, 0.15) is 20.3 Å². The fraction of sp³-hybridized carbons (Fsp3) is 0.500. The lowest BCUT2D eigenvalue weighted by atomic mass is 10.3. The Kier molecular flexibility index (Phi) is 6.74. The highest BCUT2D eigenvalue weighted by molar-refractivity contribution is 5.81. The number of amidine groups is 1. The summed E-state index contributed by atoms with van der Waals surface area (Å²) >= 11 is 0. The van der Waals surface area contributed by atoms with E-state index in [-0.39, 0.29) is 5.84 Å². The van der Waals surface area contributed by atoms with Crippen molar-refractivity contribution in [2.75, 3.05) is 19.7 Å². The van der Waals surface area contributed by atoms with Crippen molar-refractivity contribution in [2.24, 2.45) is 10.9 Å². The van der Waals surface area contributed by atoms with Gasteiger partial charge < -0.3 is 15.7 Å². The van der Waals surface area contributed by atoms with E-state index in [0.717, 1.165) is 18.7 Å². The first-order valence-corrected chi connectivity index (χ1v) is 6.51. The molecular weight excluding hydrogens is 242 g/mol. The number of benzene rings is 1. The Morgan fingerprint density at radius 3 is 2.63 bits per heavy atom. The zero-order chi connectivity index (χ0) is 14.1. The second kappa shape index (κ2) is 8.37. The van der Waals surface area contributed by atoms with Gasteiger partial charge in [-0.15, -0.1) is 0 Å². The van der Waals surface area contributed by atoms with E-state index in [1.807, 2.05) is 30.3 Å². The number of para-hydroxylation sites is 1. The summed E-state index contributed by atoms with van der Waals surface area (Å²) in [4.78, 5) is 2.14. The third kappa shape index (κ3) is 6.10. The molecule has 0 aliphatic carbocycles. The maximum Gasteiger partial charge on any atom is 0.153 e. The Morgan fingerprint density at radius 2 is 2.05 bits per heavy atom. The molecule has 1 aromatic carbocycles. The second-order valence-corrected chi connectivity index (χ2v) is 4.67. The van der Waals surface area contributed by atoms with Gasteiger partial charge in [0, 0.05) is 12.6 Å². The molecule has 0 aliphatic rings. The molecule has 0 aromatic heterocycles. The SMILES string of the molecule is CC(C)N(CCCOc1ccccc1)CC(N)=NO. The first-order valence-electron chi connectivity index (χ1n) is 6.51. The maximum atomic E-state index is 8.60. The van der Waals surface area contributed by atoms with E-state index in [2.05, 4.69) is 23.9 Å². The van der Waals surface area contributed by atoms with E-state index in [9.17, 15) is 0 Å². The van der Waals surface area contributed by atoms with Crippen LogP contribution in [0.3, 0.4) is 0 Å². The molecule has 106 valence electrons. The molecule has 0 atom stereocenters. The summed E-state index contributed by atoms with van der Waals surface area (Å²) in [6.45, 7) is 6.15. The summed E-state index contributed by atoms with van der Waals surface area (Å²) in [6, 6.07) is 10.1. The Labute approximate surface area is 114 Å². The zero-order valence-electron chi connectivity index (χ0n) is 11.6. The molecular formula is C14H23N3O2. The molecule has 0 unspecified atom stereocenters. The van der Waals surface area contributed by atoms with Gasteiger partial charge in [-0.2, -0.15) is 0 Å². The largest absolute Gasteiger partial charge is 0.494 e. The number of hydrogen-bond donors (Lipinski definition) is 2. The number of ether oxygens (including phenoxy) is 1. The van der Waals surface area contributed by atoms with Crippen LogP contribution >= 0.6 is 0 Å². The monoisotopic (exact) mass is 265 g/mol. The highest BCUT2D eigenvalue weighted by Crippen LogP contribution is 2.08. The lowest BCUT2D eigenvalue weighted by Gasteiger charge is -2.25. The van der Waals surface area contributed by atoms with Gasteiger partial charge in [-0.05, 0) is 32.4 Å². The quantitative estimate of drug-likeness (QED) is 0.248. The smallest absolute Gasteiger partial charge is 0.153 e. The van der Waals surface area contributed by atoms with Gasteiger partial charge in [-0.1, -0.05) is 23.4 Å². The fourth-order valence-electron chi connectivity index (χ4n) is 1.73. The predicted octanol–water partition coefficient (Wildman–Crippen LogP) is 1.91. The molecule has 5 nitrogen and oxygen atoms in total. The average molecular weight is 265 g/mol. The summed E-state index contributed by atoms with van der Waals surface area (Å²) in [5.41, 5.74) is 5.53. The van der Waals surface area contributed by atoms with Gasteiger partial charge in [0.05, 0.1) is 13.2 Å². The highest BCUT2D eigenvalue weighted by atomic mass is 16.5. The average Bonchev–Trinajstić information content (AvgIpc) is 2.42. The molecule has 1 aromatic rings. The van der Waals surface area contributed by atoms with Gasteiger partial charge in [0.15, 0.2) is 5.84 Å². The molecule has 0 spiro atoms. The third-order valence-corrected chi connectivity index (χ3v) is 2.83. The number of rotatable bonds is 8. The lowest BCUT2D eigenvalue weighted by molar-refractivity contribution is 0.217. The van der Waals surface area contributed by atoms with Gasteiger partial charge in [-0.25, -0.2) is 0 Å². The van der Waals surface area contributed by atoms with Crippen molar-refractivity contribution in [3.8, 4) is 5.75 Å². The van der Waals surface area contributed by atoms with Crippen molar-refractivity contribution in [1.82, 2.24) is 4.90 Å². The molecule has 0 saturated carbocycles. The van der Waals surface area contributed by atoms with Crippen LogP contribution in [-0.4, -0.2) is 41.7 Å². The standard InChI is InChI=1S/C14H23N3O2/c1-12(2)17(11-14(15)16-18)9-6-10-19-13-7-4-3-5-8-13/h3-5,7-8,12,18H,6,9-11H2,1-2H3,(H2,15,16). The van der Waals surface area contributed by atoms with Crippen molar-refractivity contribution in [3.05, 3.63) is 30.3 Å². The fourth-order valence-corrected chi connectivity index (χ4v) is 1.73. The van der Waals surface area contributed by atoms with E-state index in [4.69, 9.17) is 15.7 Å². The lowest BCUT2D eigenvalue weighted by Crippen LogP contribution is -2.39. The summed E-state index contributed by atoms with van der Waals surface area (Å²) in [5.74, 6) is 1.12. The van der Waals surface area contributed by atoms with Crippen molar-refractivity contribution in [3.63, 3.8) is 0 Å². The molecule has 0 heterocycles. The van der Waals surface area contributed by atoms with Gasteiger partial charge >= 0.3 is 0 Å². The van der Waals surface area contributed by atoms with Gasteiger partial charge in [0.2, 0.25) is 0 Å².